The first-order valence-corrected chi connectivity index (χ1v) is 5.22. The van der Waals surface area contributed by atoms with Crippen LogP contribution in [0, 0.1) is 0 Å². The Morgan fingerprint density at radius 3 is 2.50 bits per heavy atom. The highest BCUT2D eigenvalue weighted by molar-refractivity contribution is 8.00. The molecule has 0 rings (SSSR count). The zero-order valence-corrected chi connectivity index (χ0v) is 8.95. The van der Waals surface area contributed by atoms with Crippen LogP contribution < -0.4 is 16.4 Å². The van der Waals surface area contributed by atoms with E-state index in [1.54, 1.807) is 0 Å². The smallest absolute Gasteiger partial charge is 0.327 e. The van der Waals surface area contributed by atoms with Gasteiger partial charge >= 0.3 is 12.0 Å². The summed E-state index contributed by atoms with van der Waals surface area (Å²) in [6, 6.07) is -2.03. The number of imide groups is 1. The van der Waals surface area contributed by atoms with Gasteiger partial charge in [-0.2, -0.15) is 0 Å². The second-order valence-electron chi connectivity index (χ2n) is 2.60. The molecule has 4 amide bonds. The van der Waals surface area contributed by atoms with Crippen LogP contribution in [0.25, 0.3) is 0 Å². The number of nitrogens with one attached hydrogen (secondary N) is 2. The first-order valence-electron chi connectivity index (χ1n) is 4.07. The van der Waals surface area contributed by atoms with E-state index in [2.05, 4.69) is 11.1 Å². The van der Waals surface area contributed by atoms with Gasteiger partial charge in [0.15, 0.2) is 0 Å². The molecule has 0 aliphatic rings. The maximum atomic E-state index is 10.9. The van der Waals surface area contributed by atoms with Gasteiger partial charge in [-0.3, -0.25) is 14.9 Å². The Labute approximate surface area is 94.9 Å². The first-order chi connectivity index (χ1) is 7.47. The molecule has 5 N–H and O–H groups in total. The van der Waals surface area contributed by atoms with E-state index in [0.29, 0.717) is 0 Å². The van der Waals surface area contributed by atoms with Gasteiger partial charge in [-0.1, -0.05) is 0 Å². The van der Waals surface area contributed by atoms with Crippen molar-refractivity contribution >= 4 is 36.1 Å². The first kappa shape index (κ1) is 14.2. The number of rotatable bonds is 7. The fourth-order valence-electron chi connectivity index (χ4n) is 0.716. The lowest BCUT2D eigenvalue weighted by Crippen LogP contribution is -2.39. The molecule has 0 bridgehead atoms. The molecule has 90 valence electrons. The minimum Gasteiger partial charge on any atom is -0.480 e. The number of urea groups is 1. The largest absolute Gasteiger partial charge is 0.480 e. The topological polar surface area (TPSA) is 139 Å². The predicted octanol–water partition coefficient (Wildman–Crippen LogP) is -1.89. The van der Waals surface area contributed by atoms with Crippen molar-refractivity contribution in [1.82, 2.24) is 10.6 Å². The van der Waals surface area contributed by atoms with E-state index in [1.165, 1.54) is 0 Å². The summed E-state index contributed by atoms with van der Waals surface area (Å²) in [6.07, 6.45) is 0.267. The number of hydrogen-bond acceptors (Lipinski definition) is 5. The summed E-state index contributed by atoms with van der Waals surface area (Å²) in [7, 11) is 0. The molecule has 1 atom stereocenters. The molecule has 0 heterocycles. The SMILES string of the molecule is NC(=O)NC(=O)CSCC(NC=O)C(=O)O. The van der Waals surface area contributed by atoms with Gasteiger partial charge in [0.25, 0.3) is 0 Å². The fourth-order valence-corrected chi connectivity index (χ4v) is 1.57. The van der Waals surface area contributed by atoms with Crippen LogP contribution >= 0.6 is 11.8 Å². The maximum absolute atomic E-state index is 10.9. The molecule has 0 saturated heterocycles. The Hall–Kier alpha value is -1.77. The second kappa shape index (κ2) is 7.51. The monoisotopic (exact) mass is 249 g/mol. The van der Waals surface area contributed by atoms with Crippen molar-refractivity contribution in [1.29, 1.82) is 0 Å². The molecule has 0 aromatic heterocycles. The van der Waals surface area contributed by atoms with E-state index < -0.39 is 23.9 Å². The van der Waals surface area contributed by atoms with E-state index >= 15 is 0 Å². The number of amides is 4. The van der Waals surface area contributed by atoms with Gasteiger partial charge in [-0.25, -0.2) is 9.59 Å². The van der Waals surface area contributed by atoms with Crippen molar-refractivity contribution in [2.24, 2.45) is 5.73 Å². The van der Waals surface area contributed by atoms with Gasteiger partial charge < -0.3 is 16.2 Å². The van der Waals surface area contributed by atoms with Crippen molar-refractivity contribution in [3.63, 3.8) is 0 Å². The molecule has 0 radical (unpaired) electrons. The van der Waals surface area contributed by atoms with E-state index in [9.17, 15) is 19.2 Å². The Balaban J connectivity index is 3.85. The molecule has 1 unspecified atom stereocenters. The van der Waals surface area contributed by atoms with E-state index in [4.69, 9.17) is 5.11 Å². The maximum Gasteiger partial charge on any atom is 0.327 e. The second-order valence-corrected chi connectivity index (χ2v) is 3.63. The summed E-state index contributed by atoms with van der Waals surface area (Å²) in [6.45, 7) is 0. The van der Waals surface area contributed by atoms with Crippen molar-refractivity contribution in [3.8, 4) is 0 Å². The molecule has 0 aliphatic carbocycles. The molecule has 16 heavy (non-hydrogen) atoms. The van der Waals surface area contributed by atoms with Gasteiger partial charge in [0.2, 0.25) is 12.3 Å². The number of primary amides is 1. The number of carboxylic acid groups (broad SMARTS) is 1. The van der Waals surface area contributed by atoms with E-state index in [1.807, 2.05) is 5.32 Å². The molecule has 0 aromatic rings. The van der Waals surface area contributed by atoms with Crippen molar-refractivity contribution in [3.05, 3.63) is 0 Å². The van der Waals surface area contributed by atoms with Crippen LogP contribution in [0.3, 0.4) is 0 Å². The van der Waals surface area contributed by atoms with Crippen LogP contribution in [-0.2, 0) is 14.4 Å². The summed E-state index contributed by atoms with van der Waals surface area (Å²) >= 11 is 0.958. The lowest BCUT2D eigenvalue weighted by Gasteiger charge is -2.09. The van der Waals surface area contributed by atoms with Gasteiger partial charge in [-0.15, -0.1) is 11.8 Å². The van der Waals surface area contributed by atoms with Crippen molar-refractivity contribution < 1.29 is 24.3 Å². The van der Waals surface area contributed by atoms with Gasteiger partial charge in [0, 0.05) is 5.75 Å². The Morgan fingerprint density at radius 1 is 1.44 bits per heavy atom. The molecule has 9 heteroatoms. The number of aliphatic carboxylic acids is 1. The number of carboxylic acids is 1. The quantitative estimate of drug-likeness (QED) is 0.389. The number of nitrogens with two attached hydrogens (primary N) is 1. The van der Waals surface area contributed by atoms with E-state index in [0.717, 1.165) is 11.8 Å². The van der Waals surface area contributed by atoms with Crippen molar-refractivity contribution in [2.75, 3.05) is 11.5 Å². The van der Waals surface area contributed by atoms with Crippen molar-refractivity contribution in [2.45, 2.75) is 6.04 Å². The van der Waals surface area contributed by atoms with Crippen LogP contribution in [0.5, 0.6) is 0 Å². The average molecular weight is 249 g/mol. The summed E-state index contributed by atoms with van der Waals surface area (Å²) in [5.41, 5.74) is 4.69. The fraction of sp³-hybridized carbons (Fsp3) is 0.429. The minimum atomic E-state index is -1.20. The zero-order chi connectivity index (χ0) is 12.6. The standard InChI is InChI=1S/C7H11N3O5S/c8-7(15)10-5(12)2-16-1-4(6(13)14)9-3-11/h3-4H,1-2H2,(H,9,11)(H,13,14)(H3,8,10,12,15). The lowest BCUT2D eigenvalue weighted by molar-refractivity contribution is -0.139. The number of thioether (sulfide) groups is 1. The predicted molar refractivity (Wildman–Crippen MR) is 55.7 cm³/mol. The van der Waals surface area contributed by atoms with Gasteiger partial charge in [0.1, 0.15) is 6.04 Å². The normalized spacial score (nSPS) is 11.2. The summed E-state index contributed by atoms with van der Waals surface area (Å²) in [4.78, 5) is 41.7. The van der Waals surface area contributed by atoms with Crippen LogP contribution in [0.2, 0.25) is 0 Å². The molecular weight excluding hydrogens is 238 g/mol. The highest BCUT2D eigenvalue weighted by Gasteiger charge is 2.16. The van der Waals surface area contributed by atoms with Crippen LogP contribution in [0.4, 0.5) is 4.79 Å². The Bertz CT molecular complexity index is 296. The molecule has 0 fully saturated rings. The van der Waals surface area contributed by atoms with Crippen LogP contribution in [0.15, 0.2) is 0 Å². The van der Waals surface area contributed by atoms with Crippen LogP contribution in [0.1, 0.15) is 0 Å². The van der Waals surface area contributed by atoms with Gasteiger partial charge in [-0.05, 0) is 0 Å². The Kier molecular flexibility index (Phi) is 6.68. The number of carbonyl (C=O) groups excluding carboxylic acids is 3. The molecular formula is C7H11N3O5S. The average Bonchev–Trinajstić information content (AvgIpc) is 2.15. The highest BCUT2D eigenvalue weighted by Crippen LogP contribution is 2.02. The molecule has 8 nitrogen and oxygen atoms in total. The molecule has 0 aromatic carbocycles. The summed E-state index contributed by atoms with van der Waals surface area (Å²) < 4.78 is 0. The zero-order valence-electron chi connectivity index (χ0n) is 8.13. The summed E-state index contributed by atoms with van der Waals surface area (Å²) in [5, 5.41) is 12.5. The number of hydrogen-bond donors (Lipinski definition) is 4. The Morgan fingerprint density at radius 2 is 2.06 bits per heavy atom. The molecule has 0 aliphatic heterocycles. The van der Waals surface area contributed by atoms with E-state index in [-0.39, 0.29) is 17.9 Å². The molecule has 0 saturated carbocycles. The van der Waals surface area contributed by atoms with Gasteiger partial charge in [0.05, 0.1) is 5.75 Å². The third kappa shape index (κ3) is 6.65. The molecule has 0 spiro atoms. The third-order valence-corrected chi connectivity index (χ3v) is 2.38. The lowest BCUT2D eigenvalue weighted by atomic mass is 10.3. The number of carbonyl (C=O) groups is 4. The highest BCUT2D eigenvalue weighted by atomic mass is 32.2. The third-order valence-electron chi connectivity index (χ3n) is 1.35. The minimum absolute atomic E-state index is 0.0141. The van der Waals surface area contributed by atoms with Crippen LogP contribution in [-0.4, -0.2) is 47.0 Å². The summed E-state index contributed by atoms with van der Waals surface area (Å²) in [5.74, 6) is -1.92.